The average Bonchev–Trinajstić information content (AvgIpc) is 3.29. The number of sulfonamides is 1. The summed E-state index contributed by atoms with van der Waals surface area (Å²) in [5.74, 6) is -3.30. The van der Waals surface area contributed by atoms with E-state index in [-0.39, 0.29) is 51.8 Å². The molecule has 4 rings (SSSR count). The van der Waals surface area contributed by atoms with Gasteiger partial charge in [-0.05, 0) is 49.2 Å². The molecule has 4 aromatic rings. The molecule has 0 saturated heterocycles. The zero-order valence-electron chi connectivity index (χ0n) is 21.0. The molecule has 0 aliphatic rings. The van der Waals surface area contributed by atoms with Crippen LogP contribution in [0.2, 0.25) is 0 Å². The third-order valence-electron chi connectivity index (χ3n) is 5.80. The molecule has 1 amide bonds. The Labute approximate surface area is 224 Å². The van der Waals surface area contributed by atoms with E-state index in [1.165, 1.54) is 19.2 Å². The number of benzene rings is 1. The highest BCUT2D eigenvalue weighted by Crippen LogP contribution is 2.36. The lowest BCUT2D eigenvalue weighted by atomic mass is 9.99. The second kappa shape index (κ2) is 10.6. The molecule has 3 heterocycles. The molecule has 6 N–H and O–H groups in total. The molecular weight excluding hydrogens is 558 g/mol. The summed E-state index contributed by atoms with van der Waals surface area (Å²) in [6.45, 7) is 3.07. The first kappa shape index (κ1) is 28.5. The van der Waals surface area contributed by atoms with E-state index in [0.29, 0.717) is 17.2 Å². The molecule has 0 fully saturated rings. The van der Waals surface area contributed by atoms with Gasteiger partial charge in [0.15, 0.2) is 17.3 Å². The lowest BCUT2D eigenvalue weighted by molar-refractivity contribution is -0.127. The number of aromatic amines is 1. The SMILES string of the molecule is CCS(=O)(=O)Nc1ncc(C)cc1CNc1nc(-c2cc(F)c(O)cc2CC(F)(F)F)cc2[nH]nc(C(N)=O)c12. The van der Waals surface area contributed by atoms with Crippen molar-refractivity contribution in [2.24, 2.45) is 5.73 Å². The fourth-order valence-corrected chi connectivity index (χ4v) is 4.57. The molecule has 1 aromatic carbocycles. The van der Waals surface area contributed by atoms with Crippen LogP contribution in [0, 0.1) is 12.7 Å². The fraction of sp³-hybridized carbons (Fsp3) is 0.250. The van der Waals surface area contributed by atoms with Gasteiger partial charge in [0, 0.05) is 23.9 Å². The summed E-state index contributed by atoms with van der Waals surface area (Å²) in [6, 6.07) is 4.31. The highest BCUT2D eigenvalue weighted by molar-refractivity contribution is 7.92. The summed E-state index contributed by atoms with van der Waals surface area (Å²) in [7, 11) is -3.68. The molecule has 0 saturated carbocycles. The normalized spacial score (nSPS) is 12.1. The molecule has 16 heteroatoms. The van der Waals surface area contributed by atoms with E-state index in [9.17, 15) is 35.9 Å². The number of aryl methyl sites for hydroxylation is 1. The Bertz CT molecular complexity index is 1720. The third-order valence-corrected chi connectivity index (χ3v) is 7.06. The number of aromatic hydroxyl groups is 1. The van der Waals surface area contributed by atoms with Crippen molar-refractivity contribution in [3.8, 4) is 17.0 Å². The van der Waals surface area contributed by atoms with E-state index >= 15 is 0 Å². The zero-order valence-corrected chi connectivity index (χ0v) is 21.8. The molecule has 0 aliphatic heterocycles. The maximum atomic E-state index is 14.3. The van der Waals surface area contributed by atoms with Crippen LogP contribution in [0.3, 0.4) is 0 Å². The Morgan fingerprint density at radius 3 is 2.52 bits per heavy atom. The van der Waals surface area contributed by atoms with Gasteiger partial charge >= 0.3 is 6.18 Å². The molecular formula is C24H23F4N7O4S. The van der Waals surface area contributed by atoms with Crippen molar-refractivity contribution < 1.29 is 35.9 Å². The van der Waals surface area contributed by atoms with E-state index in [0.717, 1.165) is 6.07 Å². The number of primary amides is 1. The van der Waals surface area contributed by atoms with Crippen LogP contribution < -0.4 is 15.8 Å². The van der Waals surface area contributed by atoms with Gasteiger partial charge in [-0.2, -0.15) is 18.3 Å². The monoisotopic (exact) mass is 581 g/mol. The van der Waals surface area contributed by atoms with Gasteiger partial charge in [-0.25, -0.2) is 22.8 Å². The van der Waals surface area contributed by atoms with Crippen molar-refractivity contribution in [3.63, 3.8) is 0 Å². The Morgan fingerprint density at radius 1 is 1.15 bits per heavy atom. The number of phenols is 1. The number of rotatable bonds is 9. The number of H-pyrrole nitrogens is 1. The molecule has 40 heavy (non-hydrogen) atoms. The van der Waals surface area contributed by atoms with Crippen LogP contribution in [-0.2, 0) is 23.0 Å². The van der Waals surface area contributed by atoms with Crippen LogP contribution in [0.4, 0.5) is 29.2 Å². The van der Waals surface area contributed by atoms with Gasteiger partial charge in [-0.1, -0.05) is 0 Å². The Kier molecular flexibility index (Phi) is 7.56. The van der Waals surface area contributed by atoms with Gasteiger partial charge < -0.3 is 16.2 Å². The van der Waals surface area contributed by atoms with Crippen molar-refractivity contribution in [1.82, 2.24) is 20.2 Å². The quantitative estimate of drug-likeness (QED) is 0.186. The number of pyridine rings is 2. The van der Waals surface area contributed by atoms with Crippen LogP contribution >= 0.6 is 0 Å². The summed E-state index contributed by atoms with van der Waals surface area (Å²) in [5.41, 5.74) is 5.59. The summed E-state index contributed by atoms with van der Waals surface area (Å²) < 4.78 is 80.8. The maximum Gasteiger partial charge on any atom is 0.393 e. The number of carbonyl (C=O) groups excluding carboxylic acids is 1. The Morgan fingerprint density at radius 2 is 1.88 bits per heavy atom. The topological polar surface area (TPSA) is 176 Å². The van der Waals surface area contributed by atoms with Crippen molar-refractivity contribution >= 4 is 38.5 Å². The number of nitrogens with one attached hydrogen (secondary N) is 3. The van der Waals surface area contributed by atoms with Crippen molar-refractivity contribution in [2.75, 3.05) is 15.8 Å². The number of alkyl halides is 3. The van der Waals surface area contributed by atoms with Crippen molar-refractivity contribution in [1.29, 1.82) is 0 Å². The first-order valence-corrected chi connectivity index (χ1v) is 13.3. The summed E-state index contributed by atoms with van der Waals surface area (Å²) in [4.78, 5) is 20.5. The molecule has 0 spiro atoms. The number of fused-ring (bicyclic) bond motifs is 1. The average molecular weight is 582 g/mol. The lowest BCUT2D eigenvalue weighted by Gasteiger charge is -2.16. The number of halogens is 4. The largest absolute Gasteiger partial charge is 0.505 e. The maximum absolute atomic E-state index is 14.3. The molecule has 0 bridgehead atoms. The minimum Gasteiger partial charge on any atom is -0.505 e. The highest BCUT2D eigenvalue weighted by atomic mass is 32.2. The third kappa shape index (κ3) is 6.22. The number of hydrogen-bond donors (Lipinski definition) is 5. The molecule has 11 nitrogen and oxygen atoms in total. The van der Waals surface area contributed by atoms with E-state index in [4.69, 9.17) is 5.73 Å². The first-order valence-electron chi connectivity index (χ1n) is 11.6. The summed E-state index contributed by atoms with van der Waals surface area (Å²) in [6.07, 6.45) is -4.71. The number of hydrogen-bond acceptors (Lipinski definition) is 8. The Hall–Kier alpha value is -4.47. The molecule has 0 radical (unpaired) electrons. The summed E-state index contributed by atoms with van der Waals surface area (Å²) >= 11 is 0. The number of aromatic nitrogens is 4. The molecule has 0 unspecified atom stereocenters. The van der Waals surface area contributed by atoms with Crippen LogP contribution in [0.25, 0.3) is 22.2 Å². The molecule has 0 aliphatic carbocycles. The van der Waals surface area contributed by atoms with Gasteiger partial charge in [0.1, 0.15) is 11.6 Å². The molecule has 0 atom stereocenters. The van der Waals surface area contributed by atoms with E-state index in [1.807, 2.05) is 0 Å². The molecule has 3 aromatic heterocycles. The molecule has 212 valence electrons. The van der Waals surface area contributed by atoms with Gasteiger partial charge in [-0.3, -0.25) is 14.6 Å². The minimum atomic E-state index is -4.68. The second-order valence-corrected chi connectivity index (χ2v) is 10.9. The van der Waals surface area contributed by atoms with E-state index in [1.54, 1.807) is 13.0 Å². The zero-order chi connectivity index (χ0) is 29.4. The van der Waals surface area contributed by atoms with Crippen LogP contribution in [0.15, 0.2) is 30.5 Å². The highest BCUT2D eigenvalue weighted by Gasteiger charge is 2.30. The fourth-order valence-electron chi connectivity index (χ4n) is 3.95. The number of phenolic OH excluding ortho intramolecular Hbond substituents is 1. The number of nitrogens with two attached hydrogens (primary N) is 1. The van der Waals surface area contributed by atoms with Gasteiger partial charge in [0.2, 0.25) is 10.0 Å². The smallest absolute Gasteiger partial charge is 0.393 e. The number of anilines is 2. The first-order chi connectivity index (χ1) is 18.7. The predicted octanol–water partition coefficient (Wildman–Crippen LogP) is 3.75. The van der Waals surface area contributed by atoms with E-state index < -0.39 is 45.7 Å². The number of amides is 1. The second-order valence-electron chi connectivity index (χ2n) is 8.85. The van der Waals surface area contributed by atoms with Crippen molar-refractivity contribution in [2.45, 2.75) is 33.0 Å². The van der Waals surface area contributed by atoms with Crippen LogP contribution in [0.5, 0.6) is 5.75 Å². The van der Waals surface area contributed by atoms with Gasteiger partial charge in [-0.15, -0.1) is 0 Å². The van der Waals surface area contributed by atoms with Gasteiger partial charge in [0.25, 0.3) is 5.91 Å². The standard InChI is InChI=1S/C24H23F4N7O4S/c1-3-40(38,39)35-22-13(4-11(2)9-30-22)10-31-23-19-17(33-34-20(19)21(29)37)7-16(32-23)14-6-15(25)18(36)5-12(14)8-24(26,27)28/h4-7,9,36H,3,8,10H2,1-2H3,(H2,29,37)(H,30,35)(H,31,32)(H,33,34). The van der Waals surface area contributed by atoms with Crippen LogP contribution in [0.1, 0.15) is 34.1 Å². The van der Waals surface area contributed by atoms with Crippen LogP contribution in [-0.4, -0.2) is 51.5 Å². The summed E-state index contributed by atoms with van der Waals surface area (Å²) in [5, 5.41) is 19.2. The van der Waals surface area contributed by atoms with Crippen molar-refractivity contribution in [3.05, 3.63) is 58.7 Å². The predicted molar refractivity (Wildman–Crippen MR) is 139 cm³/mol. The number of carbonyl (C=O) groups is 1. The lowest BCUT2D eigenvalue weighted by Crippen LogP contribution is -2.18. The Balaban J connectivity index is 1.85. The van der Waals surface area contributed by atoms with E-state index in [2.05, 4.69) is 30.2 Å². The minimum absolute atomic E-state index is 0.0303. The van der Waals surface area contributed by atoms with Gasteiger partial charge in [0.05, 0.1) is 28.8 Å². The number of nitrogens with zero attached hydrogens (tertiary/aromatic N) is 3.